The van der Waals surface area contributed by atoms with Crippen LogP contribution >= 0.6 is 23.2 Å². The van der Waals surface area contributed by atoms with Gasteiger partial charge in [-0.2, -0.15) is 4.39 Å². The first kappa shape index (κ1) is 18.1. The van der Waals surface area contributed by atoms with Gasteiger partial charge in [-0.15, -0.1) is 11.6 Å². The molecule has 0 amide bonds. The number of nitrogens with zero attached hydrogens (tertiary/aromatic N) is 1. The number of aldehydes is 1. The van der Waals surface area contributed by atoms with E-state index >= 15 is 0 Å². The molecule has 1 aromatic carbocycles. The van der Waals surface area contributed by atoms with Crippen molar-refractivity contribution in [1.29, 1.82) is 0 Å². The van der Waals surface area contributed by atoms with Gasteiger partial charge in [-0.1, -0.05) is 23.7 Å². The van der Waals surface area contributed by atoms with Gasteiger partial charge in [0.25, 0.3) is 0 Å². The quantitative estimate of drug-likeness (QED) is 0.368. The van der Waals surface area contributed by atoms with Gasteiger partial charge in [-0.05, 0) is 17.7 Å². The van der Waals surface area contributed by atoms with Crippen molar-refractivity contribution in [3.8, 4) is 0 Å². The number of carboxylic acid groups (broad SMARTS) is 1. The van der Waals surface area contributed by atoms with E-state index in [1.54, 1.807) is 0 Å². The molecule has 2 unspecified atom stereocenters. The summed E-state index contributed by atoms with van der Waals surface area (Å²) in [6.45, 7) is 0. The number of hydrogen-bond donors (Lipinski definition) is 1. The molecular formula is C15H10Cl2FNO5. The number of benzene rings is 1. The minimum Gasteiger partial charge on any atom is -0.481 e. The second kappa shape index (κ2) is 6.70. The number of nitro groups is 1. The Labute approximate surface area is 145 Å². The van der Waals surface area contributed by atoms with Crippen molar-refractivity contribution in [1.82, 2.24) is 0 Å². The number of hydrogen-bond acceptors (Lipinski definition) is 4. The Bertz CT molecular complexity index is 775. The molecule has 1 aromatic rings. The van der Waals surface area contributed by atoms with Crippen molar-refractivity contribution in [2.24, 2.45) is 5.92 Å². The van der Waals surface area contributed by atoms with Crippen LogP contribution in [-0.4, -0.2) is 22.3 Å². The van der Waals surface area contributed by atoms with E-state index in [-0.39, 0.29) is 5.56 Å². The van der Waals surface area contributed by atoms with E-state index in [1.807, 2.05) is 0 Å². The van der Waals surface area contributed by atoms with E-state index < -0.39 is 45.2 Å². The smallest absolute Gasteiger partial charge is 0.313 e. The second-order valence-corrected chi connectivity index (χ2v) is 6.04. The zero-order valence-electron chi connectivity index (χ0n) is 11.9. The third-order valence-corrected chi connectivity index (χ3v) is 4.63. The molecule has 9 heteroatoms. The fraction of sp³-hybridized carbons (Fsp3) is 0.200. The molecule has 0 fully saturated rings. The highest BCUT2D eigenvalue weighted by molar-refractivity contribution is 6.31. The number of rotatable bonds is 5. The topological polar surface area (TPSA) is 97.5 Å². The molecule has 1 aliphatic carbocycles. The highest BCUT2D eigenvalue weighted by Gasteiger charge is 2.52. The zero-order valence-corrected chi connectivity index (χ0v) is 13.4. The molecule has 24 heavy (non-hydrogen) atoms. The molecule has 0 aromatic heterocycles. The molecule has 6 nitrogen and oxygen atoms in total. The summed E-state index contributed by atoms with van der Waals surface area (Å²) in [7, 11) is 0. The summed E-state index contributed by atoms with van der Waals surface area (Å²) in [5.74, 6) is -4.44. The van der Waals surface area contributed by atoms with Crippen molar-refractivity contribution < 1.29 is 24.0 Å². The van der Waals surface area contributed by atoms with Gasteiger partial charge in [0.2, 0.25) is 5.83 Å². The average molecular weight is 374 g/mol. The first-order chi connectivity index (χ1) is 11.2. The Morgan fingerprint density at radius 2 is 2.00 bits per heavy atom. The standard InChI is InChI=1S/C15H10Cl2FNO5/c16-9-3-1-8(2-4-9)15(17)10(5-6-20)13(18)12(19(23)24)7-11(15)14(21)22/h1-4,6-7,11H,5H2,(H,21,22). The van der Waals surface area contributed by atoms with Crippen LogP contribution in [0.5, 0.6) is 0 Å². The van der Waals surface area contributed by atoms with Crippen LogP contribution in [-0.2, 0) is 14.5 Å². The van der Waals surface area contributed by atoms with Crippen LogP contribution in [0.15, 0.2) is 47.4 Å². The van der Waals surface area contributed by atoms with E-state index in [0.717, 1.165) is 0 Å². The molecular weight excluding hydrogens is 364 g/mol. The van der Waals surface area contributed by atoms with Gasteiger partial charge in [0.1, 0.15) is 17.1 Å². The predicted octanol–water partition coefficient (Wildman–Crippen LogP) is 3.46. The summed E-state index contributed by atoms with van der Waals surface area (Å²) < 4.78 is 14.6. The van der Waals surface area contributed by atoms with E-state index in [2.05, 4.69) is 0 Å². The molecule has 1 N–H and O–H groups in total. The minimum atomic E-state index is -1.99. The lowest BCUT2D eigenvalue weighted by Crippen LogP contribution is -2.39. The maximum Gasteiger partial charge on any atom is 0.313 e. The van der Waals surface area contributed by atoms with Crippen LogP contribution < -0.4 is 0 Å². The fourth-order valence-electron chi connectivity index (χ4n) is 2.60. The number of allylic oxidation sites excluding steroid dienone is 2. The number of alkyl halides is 1. The summed E-state index contributed by atoms with van der Waals surface area (Å²) in [6.07, 6.45) is 0.365. The number of halogens is 3. The number of carbonyl (C=O) groups is 2. The van der Waals surface area contributed by atoms with E-state index in [9.17, 15) is 29.2 Å². The average Bonchev–Trinajstić information content (AvgIpc) is 2.51. The lowest BCUT2D eigenvalue weighted by atomic mass is 9.74. The van der Waals surface area contributed by atoms with E-state index in [0.29, 0.717) is 17.4 Å². The normalized spacial score (nSPS) is 23.6. The van der Waals surface area contributed by atoms with Crippen LogP contribution in [0.2, 0.25) is 5.02 Å². The van der Waals surface area contributed by atoms with Crippen LogP contribution in [0.1, 0.15) is 12.0 Å². The lowest BCUT2D eigenvalue weighted by molar-refractivity contribution is -0.423. The van der Waals surface area contributed by atoms with Gasteiger partial charge in [-0.25, -0.2) is 0 Å². The Hall–Kier alpha value is -2.25. The van der Waals surface area contributed by atoms with Gasteiger partial charge in [0.05, 0.1) is 4.92 Å². The minimum absolute atomic E-state index is 0.159. The third-order valence-electron chi connectivity index (χ3n) is 3.70. The largest absolute Gasteiger partial charge is 0.481 e. The van der Waals surface area contributed by atoms with E-state index in [4.69, 9.17) is 23.2 Å². The third kappa shape index (κ3) is 2.92. The summed E-state index contributed by atoms with van der Waals surface area (Å²) in [4.78, 5) is 30.5. The maximum atomic E-state index is 14.6. The summed E-state index contributed by atoms with van der Waals surface area (Å²) in [5.41, 5.74) is -1.33. The van der Waals surface area contributed by atoms with E-state index in [1.165, 1.54) is 24.3 Å². The van der Waals surface area contributed by atoms with Crippen molar-refractivity contribution in [3.05, 3.63) is 68.1 Å². The summed E-state index contributed by atoms with van der Waals surface area (Å²) in [6, 6.07) is 5.61. The van der Waals surface area contributed by atoms with Crippen molar-refractivity contribution in [2.45, 2.75) is 11.3 Å². The molecule has 0 saturated heterocycles. The SMILES string of the molecule is O=CCC1=C(F)C([N+](=O)[O-])=CC(C(=O)O)C1(Cl)c1ccc(Cl)cc1. The van der Waals surface area contributed by atoms with Crippen molar-refractivity contribution in [3.63, 3.8) is 0 Å². The van der Waals surface area contributed by atoms with Crippen molar-refractivity contribution >= 4 is 35.5 Å². The molecule has 0 aliphatic heterocycles. The van der Waals surface area contributed by atoms with Crippen molar-refractivity contribution in [2.75, 3.05) is 0 Å². The monoisotopic (exact) mass is 373 g/mol. The Morgan fingerprint density at radius 1 is 1.42 bits per heavy atom. The molecule has 0 saturated carbocycles. The first-order valence-electron chi connectivity index (χ1n) is 6.60. The van der Waals surface area contributed by atoms with Gasteiger partial charge in [0.15, 0.2) is 0 Å². The van der Waals surface area contributed by atoms with Gasteiger partial charge >= 0.3 is 11.7 Å². The number of carbonyl (C=O) groups excluding carboxylic acids is 1. The van der Waals surface area contributed by atoms with Crippen LogP contribution in [0.3, 0.4) is 0 Å². The maximum absolute atomic E-state index is 14.6. The molecule has 126 valence electrons. The molecule has 0 spiro atoms. The molecule has 2 rings (SSSR count). The molecule has 0 radical (unpaired) electrons. The van der Waals surface area contributed by atoms with Gasteiger partial charge in [-0.3, -0.25) is 14.9 Å². The Balaban J connectivity index is 2.78. The Morgan fingerprint density at radius 3 is 2.46 bits per heavy atom. The van der Waals surface area contributed by atoms with Gasteiger partial charge in [0, 0.05) is 23.1 Å². The number of carboxylic acids is 1. The lowest BCUT2D eigenvalue weighted by Gasteiger charge is -2.36. The number of aliphatic carboxylic acids is 1. The highest BCUT2D eigenvalue weighted by Crippen LogP contribution is 2.51. The summed E-state index contributed by atoms with van der Waals surface area (Å²) >= 11 is 12.3. The van der Waals surface area contributed by atoms with Crippen LogP contribution in [0, 0.1) is 16.0 Å². The fourth-order valence-corrected chi connectivity index (χ4v) is 3.17. The molecule has 2 atom stereocenters. The zero-order chi connectivity index (χ0) is 18.1. The summed E-state index contributed by atoms with van der Waals surface area (Å²) in [5, 5.41) is 20.8. The Kier molecular flexibility index (Phi) is 5.05. The highest BCUT2D eigenvalue weighted by atomic mass is 35.5. The van der Waals surface area contributed by atoms with Gasteiger partial charge < -0.3 is 9.90 Å². The molecule has 0 heterocycles. The second-order valence-electron chi connectivity index (χ2n) is 5.01. The predicted molar refractivity (Wildman–Crippen MR) is 84.0 cm³/mol. The molecule has 0 bridgehead atoms. The molecule has 1 aliphatic rings. The first-order valence-corrected chi connectivity index (χ1v) is 7.36. The van der Waals surface area contributed by atoms with Crippen LogP contribution in [0.25, 0.3) is 0 Å². The van der Waals surface area contributed by atoms with Crippen LogP contribution in [0.4, 0.5) is 4.39 Å².